The van der Waals surface area contributed by atoms with Gasteiger partial charge in [0, 0.05) is 30.4 Å². The maximum atomic E-state index is 14.4. The molecule has 9 atom stereocenters. The number of nitrogens with one attached hydrogen (secondary N) is 1. The van der Waals surface area contributed by atoms with Crippen LogP contribution in [0.4, 0.5) is 0 Å². The summed E-state index contributed by atoms with van der Waals surface area (Å²) in [6.07, 6.45) is 4.53. The summed E-state index contributed by atoms with van der Waals surface area (Å²) in [7, 11) is 0. The van der Waals surface area contributed by atoms with Crippen molar-refractivity contribution in [3.8, 4) is 0 Å². The number of esters is 1. The number of hydrogen-bond donors (Lipinski definition) is 2. The van der Waals surface area contributed by atoms with Crippen molar-refractivity contribution in [1.29, 1.82) is 0 Å². The summed E-state index contributed by atoms with van der Waals surface area (Å²) in [5.41, 5.74) is -0.585. The maximum Gasteiger partial charge on any atom is 0.313 e. The number of carbonyl (C=O) groups is 4. The Hall–Kier alpha value is -3.02. The van der Waals surface area contributed by atoms with Crippen LogP contribution in [0.15, 0.2) is 55.6 Å². The van der Waals surface area contributed by atoms with E-state index >= 15 is 0 Å². The Morgan fingerprint density at radius 1 is 1.24 bits per heavy atom. The summed E-state index contributed by atoms with van der Waals surface area (Å²) in [5, 5.41) is 12.9. The van der Waals surface area contributed by atoms with E-state index in [1.807, 2.05) is 44.2 Å². The molecule has 0 aliphatic carbocycles. The van der Waals surface area contributed by atoms with Crippen LogP contribution in [0, 0.1) is 11.8 Å². The van der Waals surface area contributed by atoms with E-state index in [1.54, 1.807) is 24.0 Å². The van der Waals surface area contributed by atoms with Gasteiger partial charge in [0.2, 0.25) is 17.7 Å². The summed E-state index contributed by atoms with van der Waals surface area (Å²) < 4.78 is 12.8. The van der Waals surface area contributed by atoms with Gasteiger partial charge in [-0.05, 0) is 38.7 Å². The number of aliphatic hydroxyl groups is 1. The molecule has 10 nitrogen and oxygen atoms in total. The topological polar surface area (TPSA) is 125 Å². The second-order valence-electron chi connectivity index (χ2n) is 12.3. The van der Waals surface area contributed by atoms with E-state index in [9.17, 15) is 24.3 Å². The maximum absolute atomic E-state index is 14.4. The first-order valence-electron chi connectivity index (χ1n) is 15.9. The van der Waals surface area contributed by atoms with Crippen molar-refractivity contribution in [3.63, 3.8) is 0 Å². The van der Waals surface area contributed by atoms with Crippen molar-refractivity contribution in [2.45, 2.75) is 93.6 Å². The van der Waals surface area contributed by atoms with Gasteiger partial charge >= 0.3 is 5.97 Å². The van der Waals surface area contributed by atoms with Crippen LogP contribution in [0.5, 0.6) is 0 Å². The fraction of sp³-hybridized carbons (Fsp3) is 0.588. The number of aliphatic hydroxyl groups excluding tert-OH is 1. The number of rotatable bonds is 16. The van der Waals surface area contributed by atoms with Crippen LogP contribution in [0.25, 0.3) is 0 Å². The standard InChI is InChI=1S/C34H46BrN3O7/c1-6-9-16-25(40)36-22(5)28(23-14-11-10-12-15-23)44-33(43)26-27-31(41)38(18-19-39)30(34(27)20-24(35)29(26)45-34)32(42)37(17-8-3)21(4)13-7-2/h6,8,10-12,14-15,21-22,24,26-30,39H,1,3,7,9,13,16-20H2,2,4-5H3,(H,36,40)/t21?,22-,24?,26-,27+,28-,29-,30-,34+/m0/s1. The summed E-state index contributed by atoms with van der Waals surface area (Å²) in [6.45, 7) is 13.2. The molecule has 3 aliphatic rings. The number of amides is 3. The number of halogens is 1. The lowest BCUT2D eigenvalue weighted by molar-refractivity contribution is -0.162. The van der Waals surface area contributed by atoms with Crippen molar-refractivity contribution < 1.29 is 33.8 Å². The lowest BCUT2D eigenvalue weighted by atomic mass is 9.70. The van der Waals surface area contributed by atoms with Gasteiger partial charge < -0.3 is 29.7 Å². The molecule has 246 valence electrons. The van der Waals surface area contributed by atoms with Gasteiger partial charge in [0.05, 0.1) is 30.6 Å². The Kier molecular flexibility index (Phi) is 11.7. The fourth-order valence-electron chi connectivity index (χ4n) is 7.32. The number of benzene rings is 1. The van der Waals surface area contributed by atoms with Gasteiger partial charge in [-0.15, -0.1) is 13.2 Å². The molecule has 3 amide bonds. The van der Waals surface area contributed by atoms with E-state index in [-0.39, 0.29) is 42.3 Å². The molecule has 0 saturated carbocycles. The van der Waals surface area contributed by atoms with Gasteiger partial charge in [0.25, 0.3) is 0 Å². The number of alkyl halides is 1. The van der Waals surface area contributed by atoms with E-state index in [0.717, 1.165) is 12.8 Å². The Bertz CT molecular complexity index is 1260. The highest BCUT2D eigenvalue weighted by atomic mass is 79.9. The Morgan fingerprint density at radius 2 is 1.96 bits per heavy atom. The first-order valence-corrected chi connectivity index (χ1v) is 16.8. The van der Waals surface area contributed by atoms with Crippen LogP contribution in [-0.2, 0) is 28.7 Å². The van der Waals surface area contributed by atoms with Crippen LogP contribution in [0.1, 0.15) is 64.5 Å². The molecule has 2 bridgehead atoms. The molecule has 2 unspecified atom stereocenters. The van der Waals surface area contributed by atoms with Crippen LogP contribution in [-0.4, -0.2) is 93.0 Å². The van der Waals surface area contributed by atoms with Crippen molar-refractivity contribution in [3.05, 3.63) is 61.2 Å². The SMILES string of the molecule is C=CCCC(=O)N[C@@H](C)[C@H](OC(=O)[C@@H]1[C@H]2O[C@@]3(CC2Br)[C@H](C(=O)N(CC=C)C(C)CCC)N(CCO)C(=O)[C@@H]13)c1ccccc1. The number of hydrogen-bond acceptors (Lipinski definition) is 7. The summed E-state index contributed by atoms with van der Waals surface area (Å²) >= 11 is 3.69. The third kappa shape index (κ3) is 6.76. The first kappa shape index (κ1) is 34.8. The smallest absolute Gasteiger partial charge is 0.313 e. The van der Waals surface area contributed by atoms with Gasteiger partial charge in [-0.25, -0.2) is 0 Å². The van der Waals surface area contributed by atoms with Crippen molar-refractivity contribution in [1.82, 2.24) is 15.1 Å². The second kappa shape index (κ2) is 15.0. The molecule has 3 heterocycles. The first-order chi connectivity index (χ1) is 21.6. The average molecular weight is 689 g/mol. The molecule has 1 aromatic rings. The third-order valence-electron chi connectivity index (χ3n) is 9.27. The molecule has 1 aromatic carbocycles. The molecular weight excluding hydrogens is 642 g/mol. The average Bonchev–Trinajstić information content (AvgIpc) is 3.61. The highest BCUT2D eigenvalue weighted by Gasteiger charge is 2.77. The molecule has 0 radical (unpaired) electrons. The Morgan fingerprint density at radius 3 is 2.58 bits per heavy atom. The predicted octanol–water partition coefficient (Wildman–Crippen LogP) is 3.69. The van der Waals surface area contributed by atoms with Gasteiger partial charge in [0.15, 0.2) is 0 Å². The molecular formula is C34H46BrN3O7. The van der Waals surface area contributed by atoms with E-state index in [1.165, 1.54) is 4.90 Å². The molecule has 0 aromatic heterocycles. The lowest BCUT2D eigenvalue weighted by Gasteiger charge is -2.39. The molecule has 2 N–H and O–H groups in total. The number of nitrogens with zero attached hydrogens (tertiary/aromatic N) is 2. The summed E-state index contributed by atoms with van der Waals surface area (Å²) in [5.74, 6) is -3.49. The number of likely N-dealkylation sites (tertiary alicyclic amines) is 1. The van der Waals surface area contributed by atoms with Gasteiger partial charge in [-0.3, -0.25) is 19.2 Å². The van der Waals surface area contributed by atoms with Gasteiger partial charge in [-0.2, -0.15) is 0 Å². The zero-order valence-electron chi connectivity index (χ0n) is 26.4. The second-order valence-corrected chi connectivity index (χ2v) is 13.5. The lowest BCUT2D eigenvalue weighted by Crippen LogP contribution is -2.58. The Balaban J connectivity index is 1.68. The van der Waals surface area contributed by atoms with E-state index in [0.29, 0.717) is 24.9 Å². The van der Waals surface area contributed by atoms with Crippen molar-refractivity contribution in [2.24, 2.45) is 11.8 Å². The number of allylic oxidation sites excluding steroid dienone is 1. The largest absolute Gasteiger partial charge is 0.455 e. The van der Waals surface area contributed by atoms with E-state index < -0.39 is 53.6 Å². The minimum absolute atomic E-state index is 0.0687. The molecule has 3 saturated heterocycles. The van der Waals surface area contributed by atoms with Gasteiger partial charge in [0.1, 0.15) is 17.7 Å². The summed E-state index contributed by atoms with van der Waals surface area (Å²) in [6, 6.07) is 7.43. The minimum Gasteiger partial charge on any atom is -0.455 e. The number of fused-ring (bicyclic) bond motifs is 1. The highest BCUT2D eigenvalue weighted by Crippen LogP contribution is 2.60. The van der Waals surface area contributed by atoms with Crippen molar-refractivity contribution >= 4 is 39.6 Å². The normalized spacial score (nSPS) is 28.6. The third-order valence-corrected chi connectivity index (χ3v) is 10.1. The molecule has 3 fully saturated rings. The quantitative estimate of drug-likeness (QED) is 0.154. The number of ether oxygens (including phenoxy) is 2. The molecule has 11 heteroatoms. The van der Waals surface area contributed by atoms with E-state index in [4.69, 9.17) is 9.47 Å². The molecule has 1 spiro atoms. The number of carbonyl (C=O) groups excluding carboxylic acids is 4. The van der Waals surface area contributed by atoms with Crippen LogP contribution >= 0.6 is 15.9 Å². The zero-order chi connectivity index (χ0) is 32.9. The summed E-state index contributed by atoms with van der Waals surface area (Å²) in [4.78, 5) is 58.1. The molecule has 4 rings (SSSR count). The van der Waals surface area contributed by atoms with Gasteiger partial charge in [-0.1, -0.05) is 71.8 Å². The minimum atomic E-state index is -1.27. The van der Waals surface area contributed by atoms with Crippen molar-refractivity contribution in [2.75, 3.05) is 19.7 Å². The van der Waals surface area contributed by atoms with Crippen LogP contribution < -0.4 is 5.32 Å². The van der Waals surface area contributed by atoms with Crippen LogP contribution in [0.2, 0.25) is 0 Å². The Labute approximate surface area is 274 Å². The molecule has 3 aliphatic heterocycles. The van der Waals surface area contributed by atoms with E-state index in [2.05, 4.69) is 34.4 Å². The monoisotopic (exact) mass is 687 g/mol. The predicted molar refractivity (Wildman–Crippen MR) is 173 cm³/mol. The zero-order valence-corrected chi connectivity index (χ0v) is 28.0. The number of β-amino-alcohol motifs (C(OH)–C–C–N with tert-alkyl or cyclic N) is 1. The van der Waals surface area contributed by atoms with Crippen LogP contribution in [0.3, 0.4) is 0 Å². The highest BCUT2D eigenvalue weighted by molar-refractivity contribution is 9.09. The fourth-order valence-corrected chi connectivity index (χ4v) is 8.27. The molecule has 45 heavy (non-hydrogen) atoms.